The number of aromatic nitrogens is 4. The maximum atomic E-state index is 13.1. The Kier molecular flexibility index (Phi) is 5.20. The van der Waals surface area contributed by atoms with E-state index in [1.165, 1.54) is 12.0 Å². The van der Waals surface area contributed by atoms with Crippen LogP contribution in [0.5, 0.6) is 5.75 Å². The molecular formula is C23H24N6O4. The van der Waals surface area contributed by atoms with Crippen LogP contribution in [0.1, 0.15) is 46.7 Å². The van der Waals surface area contributed by atoms with Crippen LogP contribution in [-0.4, -0.2) is 55.4 Å². The lowest BCUT2D eigenvalue weighted by atomic mass is 9.96. The maximum Gasteiger partial charge on any atom is 0.407 e. The molecule has 1 unspecified atom stereocenters. The van der Waals surface area contributed by atoms with Crippen molar-refractivity contribution in [3.05, 3.63) is 52.8 Å². The number of hydrogen-bond donors (Lipinski definition) is 2. The first-order chi connectivity index (χ1) is 15.9. The number of pyridine rings is 1. The summed E-state index contributed by atoms with van der Waals surface area (Å²) in [4.78, 5) is 30.4. The summed E-state index contributed by atoms with van der Waals surface area (Å²) < 4.78 is 7.55. The Morgan fingerprint density at radius 3 is 2.82 bits per heavy atom. The first kappa shape index (κ1) is 20.9. The summed E-state index contributed by atoms with van der Waals surface area (Å²) in [5.41, 5.74) is 2.74. The van der Waals surface area contributed by atoms with Crippen molar-refractivity contribution < 1.29 is 19.4 Å². The number of carboxylic acid groups (broad SMARTS) is 1. The molecule has 170 valence electrons. The Bertz CT molecular complexity index is 1250. The summed E-state index contributed by atoms with van der Waals surface area (Å²) in [7, 11) is 1.51. The number of carbonyl (C=O) groups excluding carboxylic acids is 1. The van der Waals surface area contributed by atoms with Crippen LogP contribution in [0.3, 0.4) is 0 Å². The third kappa shape index (κ3) is 3.77. The molecule has 1 atom stereocenters. The van der Waals surface area contributed by atoms with Crippen LogP contribution < -0.4 is 10.1 Å². The van der Waals surface area contributed by atoms with Gasteiger partial charge in [0, 0.05) is 25.6 Å². The highest BCUT2D eigenvalue weighted by molar-refractivity contribution is 6.06. The van der Waals surface area contributed by atoms with Crippen LogP contribution in [0.4, 0.5) is 10.6 Å². The highest BCUT2D eigenvalue weighted by atomic mass is 16.5. The first-order valence-electron chi connectivity index (χ1n) is 10.8. The SMILES string of the molecule is COc1cc2c(cc1C(=O)Nc1cccc(-c3nnc4n3C(C)CC4)n1)CN(C(=O)O)CC2. The Hall–Kier alpha value is -3.95. The number of carbonyl (C=O) groups is 2. The fraction of sp³-hybridized carbons (Fsp3) is 0.348. The lowest BCUT2D eigenvalue weighted by Crippen LogP contribution is -2.35. The van der Waals surface area contributed by atoms with Crippen molar-refractivity contribution in [3.8, 4) is 17.3 Å². The second-order valence-electron chi connectivity index (χ2n) is 8.34. The van der Waals surface area contributed by atoms with E-state index in [-0.39, 0.29) is 12.5 Å². The van der Waals surface area contributed by atoms with E-state index in [0.29, 0.717) is 47.7 Å². The average molecular weight is 448 g/mol. The second kappa shape index (κ2) is 8.19. The van der Waals surface area contributed by atoms with Gasteiger partial charge in [0.2, 0.25) is 0 Å². The van der Waals surface area contributed by atoms with Gasteiger partial charge in [-0.25, -0.2) is 9.78 Å². The van der Waals surface area contributed by atoms with E-state index in [9.17, 15) is 14.7 Å². The van der Waals surface area contributed by atoms with E-state index >= 15 is 0 Å². The summed E-state index contributed by atoms with van der Waals surface area (Å²) in [5.74, 6) is 2.07. The van der Waals surface area contributed by atoms with Crippen molar-refractivity contribution >= 4 is 17.8 Å². The van der Waals surface area contributed by atoms with Gasteiger partial charge in [0.15, 0.2) is 5.82 Å². The van der Waals surface area contributed by atoms with Gasteiger partial charge in [-0.3, -0.25) is 4.79 Å². The molecule has 33 heavy (non-hydrogen) atoms. The molecule has 2 amide bonds. The lowest BCUT2D eigenvalue weighted by molar-refractivity contribution is 0.102. The Balaban J connectivity index is 1.42. The van der Waals surface area contributed by atoms with Gasteiger partial charge in [0.05, 0.1) is 12.7 Å². The van der Waals surface area contributed by atoms with Crippen LogP contribution in [0, 0.1) is 0 Å². The third-order valence-corrected chi connectivity index (χ3v) is 6.26. The van der Waals surface area contributed by atoms with Crippen LogP contribution in [0.15, 0.2) is 30.3 Å². The molecular weight excluding hydrogens is 424 g/mol. The minimum Gasteiger partial charge on any atom is -0.496 e. The molecule has 0 aliphatic carbocycles. The molecule has 2 N–H and O–H groups in total. The normalized spacial score (nSPS) is 16.8. The van der Waals surface area contributed by atoms with Crippen molar-refractivity contribution in [2.75, 3.05) is 19.0 Å². The van der Waals surface area contributed by atoms with E-state index in [1.807, 2.05) is 18.2 Å². The fourth-order valence-electron chi connectivity index (χ4n) is 4.51. The number of aryl methyl sites for hydroxylation is 1. The summed E-state index contributed by atoms with van der Waals surface area (Å²) in [6.07, 6.45) is 1.51. The van der Waals surface area contributed by atoms with Gasteiger partial charge < -0.3 is 24.6 Å². The Morgan fingerprint density at radius 2 is 2.03 bits per heavy atom. The molecule has 1 aromatic carbocycles. The smallest absolute Gasteiger partial charge is 0.407 e. The molecule has 0 saturated heterocycles. The van der Waals surface area contributed by atoms with E-state index < -0.39 is 6.09 Å². The van der Waals surface area contributed by atoms with E-state index in [4.69, 9.17) is 4.74 Å². The average Bonchev–Trinajstić information content (AvgIpc) is 3.40. The van der Waals surface area contributed by atoms with E-state index in [1.54, 1.807) is 12.1 Å². The van der Waals surface area contributed by atoms with Crippen LogP contribution in [0.25, 0.3) is 11.5 Å². The Morgan fingerprint density at radius 1 is 1.18 bits per heavy atom. The Labute approximate surface area is 190 Å². The molecule has 0 saturated carbocycles. The van der Waals surface area contributed by atoms with Crippen LogP contribution in [-0.2, 0) is 19.4 Å². The molecule has 10 nitrogen and oxygen atoms in total. The number of methoxy groups -OCH3 is 1. The third-order valence-electron chi connectivity index (χ3n) is 6.26. The lowest BCUT2D eigenvalue weighted by Gasteiger charge is -2.27. The molecule has 2 aromatic heterocycles. The number of hydrogen-bond acceptors (Lipinski definition) is 6. The number of benzene rings is 1. The van der Waals surface area contributed by atoms with E-state index in [2.05, 4.69) is 32.0 Å². The van der Waals surface area contributed by atoms with Crippen molar-refractivity contribution in [2.45, 2.75) is 38.8 Å². The monoisotopic (exact) mass is 448 g/mol. The topological polar surface area (TPSA) is 122 Å². The minimum atomic E-state index is -0.974. The van der Waals surface area contributed by atoms with Crippen LogP contribution >= 0.6 is 0 Å². The predicted octanol–water partition coefficient (Wildman–Crippen LogP) is 3.14. The number of ether oxygens (including phenoxy) is 1. The van der Waals surface area contributed by atoms with E-state index in [0.717, 1.165) is 29.8 Å². The maximum absolute atomic E-state index is 13.1. The molecule has 2 aliphatic rings. The zero-order chi connectivity index (χ0) is 23.1. The zero-order valence-corrected chi connectivity index (χ0v) is 18.4. The number of nitrogens with zero attached hydrogens (tertiary/aromatic N) is 5. The largest absolute Gasteiger partial charge is 0.496 e. The summed E-state index contributed by atoms with van der Waals surface area (Å²) in [5, 5.41) is 20.7. The van der Waals surface area contributed by atoms with Gasteiger partial charge in [-0.15, -0.1) is 10.2 Å². The molecule has 0 bridgehead atoms. The summed E-state index contributed by atoms with van der Waals surface area (Å²) in [6.45, 7) is 2.78. The first-order valence-corrected chi connectivity index (χ1v) is 10.8. The highest BCUT2D eigenvalue weighted by Crippen LogP contribution is 2.31. The number of anilines is 1. The number of nitrogens with one attached hydrogen (secondary N) is 1. The van der Waals surface area contributed by atoms with Crippen molar-refractivity contribution in [1.82, 2.24) is 24.6 Å². The second-order valence-corrected chi connectivity index (χ2v) is 8.34. The fourth-order valence-corrected chi connectivity index (χ4v) is 4.51. The predicted molar refractivity (Wildman–Crippen MR) is 119 cm³/mol. The van der Waals surface area contributed by atoms with Crippen molar-refractivity contribution in [3.63, 3.8) is 0 Å². The number of rotatable bonds is 4. The molecule has 2 aliphatic heterocycles. The highest BCUT2D eigenvalue weighted by Gasteiger charge is 2.26. The van der Waals surface area contributed by atoms with Crippen LogP contribution in [0.2, 0.25) is 0 Å². The number of amides is 2. The van der Waals surface area contributed by atoms with Gasteiger partial charge in [0.25, 0.3) is 5.91 Å². The summed E-state index contributed by atoms with van der Waals surface area (Å²) >= 11 is 0. The molecule has 10 heteroatoms. The molecule has 5 rings (SSSR count). The van der Waals surface area contributed by atoms with Crippen molar-refractivity contribution in [2.24, 2.45) is 0 Å². The van der Waals surface area contributed by atoms with Gasteiger partial charge in [-0.2, -0.15) is 0 Å². The standard InChI is InChI=1S/C23H24N6O4/c1-13-6-7-20-26-27-21(29(13)20)17-4-3-5-19(24-17)25-22(30)16-10-15-12-28(23(31)32)9-8-14(15)11-18(16)33-2/h3-5,10-11,13H,6-9,12H2,1-2H3,(H,31,32)(H,24,25,30). The summed E-state index contributed by atoms with van der Waals surface area (Å²) in [6, 6.07) is 9.19. The van der Waals surface area contributed by atoms with Gasteiger partial charge in [-0.05, 0) is 55.2 Å². The molecule has 0 spiro atoms. The molecule has 4 heterocycles. The molecule has 3 aromatic rings. The van der Waals surface area contributed by atoms with Gasteiger partial charge >= 0.3 is 6.09 Å². The zero-order valence-electron chi connectivity index (χ0n) is 18.4. The van der Waals surface area contributed by atoms with Crippen molar-refractivity contribution in [1.29, 1.82) is 0 Å². The van der Waals surface area contributed by atoms with Gasteiger partial charge in [0.1, 0.15) is 23.1 Å². The molecule has 0 radical (unpaired) electrons. The van der Waals surface area contributed by atoms with Gasteiger partial charge in [-0.1, -0.05) is 6.07 Å². The quantitative estimate of drug-likeness (QED) is 0.629. The minimum absolute atomic E-state index is 0.235. The number of fused-ring (bicyclic) bond motifs is 2. The molecule has 0 fully saturated rings.